The third-order valence-electron chi connectivity index (χ3n) is 3.33. The molecule has 2 aromatic rings. The summed E-state index contributed by atoms with van der Waals surface area (Å²) in [5.74, 6) is -0.130. The number of thiophene rings is 1. The smallest absolute Gasteiger partial charge is 0.242 e. The van der Waals surface area contributed by atoms with Crippen LogP contribution in [0.5, 0.6) is 0 Å². The van der Waals surface area contributed by atoms with Crippen molar-refractivity contribution in [2.24, 2.45) is 5.73 Å². The summed E-state index contributed by atoms with van der Waals surface area (Å²) >= 11 is 1.65. The van der Waals surface area contributed by atoms with Crippen molar-refractivity contribution < 1.29 is 4.79 Å². The summed E-state index contributed by atoms with van der Waals surface area (Å²) in [6.45, 7) is 4.07. The summed E-state index contributed by atoms with van der Waals surface area (Å²) in [5, 5.41) is 5.05. The lowest BCUT2D eigenvalue weighted by atomic mass is 10.0. The molecule has 2 rings (SSSR count). The number of hydrogen-bond donors (Lipinski definition) is 2. The zero-order chi connectivity index (χ0) is 14.5. The summed E-state index contributed by atoms with van der Waals surface area (Å²) in [5.41, 5.74) is 8.04. The first kappa shape index (κ1) is 14.8. The van der Waals surface area contributed by atoms with Crippen molar-refractivity contribution in [1.82, 2.24) is 5.32 Å². The molecular weight excluding hydrogens is 268 g/mol. The van der Waals surface area contributed by atoms with Crippen LogP contribution in [0.1, 0.15) is 41.4 Å². The van der Waals surface area contributed by atoms with E-state index in [4.69, 9.17) is 5.73 Å². The van der Waals surface area contributed by atoms with E-state index < -0.39 is 6.04 Å². The van der Waals surface area contributed by atoms with Crippen molar-refractivity contribution in [3.8, 4) is 0 Å². The van der Waals surface area contributed by atoms with Crippen LogP contribution in [-0.4, -0.2) is 5.91 Å². The Kier molecular flexibility index (Phi) is 4.93. The highest BCUT2D eigenvalue weighted by Crippen LogP contribution is 2.22. The maximum absolute atomic E-state index is 12.3. The van der Waals surface area contributed by atoms with E-state index in [0.29, 0.717) is 0 Å². The molecule has 20 heavy (non-hydrogen) atoms. The average molecular weight is 288 g/mol. The minimum absolute atomic E-state index is 0.0407. The fourth-order valence-electron chi connectivity index (χ4n) is 2.05. The second kappa shape index (κ2) is 6.68. The number of benzene rings is 1. The number of amides is 1. The van der Waals surface area contributed by atoms with Crippen LogP contribution in [0.25, 0.3) is 0 Å². The van der Waals surface area contributed by atoms with Gasteiger partial charge in [0.15, 0.2) is 0 Å². The average Bonchev–Trinajstić information content (AvgIpc) is 2.98. The van der Waals surface area contributed by atoms with Gasteiger partial charge in [0.2, 0.25) is 5.91 Å². The Morgan fingerprint density at radius 2 is 2.00 bits per heavy atom. The molecule has 1 amide bonds. The fraction of sp³-hybridized carbons (Fsp3) is 0.312. The largest absolute Gasteiger partial charge is 0.347 e. The zero-order valence-corrected chi connectivity index (χ0v) is 12.6. The Balaban J connectivity index is 2.05. The quantitative estimate of drug-likeness (QED) is 0.886. The second-order valence-corrected chi connectivity index (χ2v) is 5.85. The van der Waals surface area contributed by atoms with E-state index in [0.717, 1.165) is 22.4 Å². The van der Waals surface area contributed by atoms with Crippen LogP contribution in [0.4, 0.5) is 0 Å². The Labute approximate surface area is 123 Å². The zero-order valence-electron chi connectivity index (χ0n) is 11.8. The van der Waals surface area contributed by atoms with Crippen LogP contribution >= 0.6 is 11.3 Å². The Bertz CT molecular complexity index is 548. The standard InChI is InChI=1S/C16H20N2OS/c1-3-13(14-5-4-10-20-14)18-16(19)15(17)12-8-6-11(2)7-9-12/h4-10,13,15H,3,17H2,1-2H3,(H,18,19). The highest BCUT2D eigenvalue weighted by Gasteiger charge is 2.20. The van der Waals surface area contributed by atoms with Crippen LogP contribution in [0.15, 0.2) is 41.8 Å². The predicted molar refractivity (Wildman–Crippen MR) is 83.6 cm³/mol. The van der Waals surface area contributed by atoms with Crippen molar-refractivity contribution in [2.45, 2.75) is 32.4 Å². The van der Waals surface area contributed by atoms with Crippen molar-refractivity contribution in [1.29, 1.82) is 0 Å². The van der Waals surface area contributed by atoms with Crippen molar-refractivity contribution >= 4 is 17.2 Å². The lowest BCUT2D eigenvalue weighted by Gasteiger charge is -2.19. The number of nitrogens with one attached hydrogen (secondary N) is 1. The van der Waals surface area contributed by atoms with Crippen molar-refractivity contribution in [3.05, 3.63) is 57.8 Å². The van der Waals surface area contributed by atoms with Crippen LogP contribution in [0, 0.1) is 6.92 Å². The van der Waals surface area contributed by atoms with Gasteiger partial charge in [-0.15, -0.1) is 11.3 Å². The van der Waals surface area contributed by atoms with Crippen LogP contribution in [-0.2, 0) is 4.79 Å². The van der Waals surface area contributed by atoms with Gasteiger partial charge in [-0.25, -0.2) is 0 Å². The van der Waals surface area contributed by atoms with E-state index in [2.05, 4.69) is 12.2 Å². The molecule has 0 bridgehead atoms. The molecule has 4 heteroatoms. The first-order valence-electron chi connectivity index (χ1n) is 6.77. The van der Waals surface area contributed by atoms with Gasteiger partial charge >= 0.3 is 0 Å². The SMILES string of the molecule is CCC(NC(=O)C(N)c1ccc(C)cc1)c1cccs1. The van der Waals surface area contributed by atoms with Crippen molar-refractivity contribution in [2.75, 3.05) is 0 Å². The number of aryl methyl sites for hydroxylation is 1. The van der Waals surface area contributed by atoms with E-state index in [1.807, 2.05) is 48.7 Å². The topological polar surface area (TPSA) is 55.1 Å². The third-order valence-corrected chi connectivity index (χ3v) is 4.32. The maximum Gasteiger partial charge on any atom is 0.242 e. The number of hydrogen-bond acceptors (Lipinski definition) is 3. The minimum atomic E-state index is -0.621. The molecule has 3 nitrogen and oxygen atoms in total. The van der Waals surface area contributed by atoms with Crippen LogP contribution in [0.3, 0.4) is 0 Å². The molecule has 106 valence electrons. The lowest BCUT2D eigenvalue weighted by molar-refractivity contribution is -0.123. The first-order chi connectivity index (χ1) is 9.61. The van der Waals surface area contributed by atoms with Gasteiger partial charge in [0, 0.05) is 4.88 Å². The van der Waals surface area contributed by atoms with Crippen LogP contribution < -0.4 is 11.1 Å². The maximum atomic E-state index is 12.3. The Morgan fingerprint density at radius 3 is 2.55 bits per heavy atom. The third kappa shape index (κ3) is 3.46. The van der Waals surface area contributed by atoms with E-state index in [1.165, 1.54) is 0 Å². The predicted octanol–water partition coefficient (Wildman–Crippen LogP) is 3.32. The normalized spacial score (nSPS) is 13.8. The summed E-state index contributed by atoms with van der Waals surface area (Å²) in [7, 11) is 0. The molecule has 0 fully saturated rings. The highest BCUT2D eigenvalue weighted by molar-refractivity contribution is 7.10. The van der Waals surface area contributed by atoms with Gasteiger partial charge in [-0.2, -0.15) is 0 Å². The first-order valence-corrected chi connectivity index (χ1v) is 7.65. The highest BCUT2D eigenvalue weighted by atomic mass is 32.1. The molecule has 0 saturated heterocycles. The van der Waals surface area contributed by atoms with Crippen LogP contribution in [0.2, 0.25) is 0 Å². The molecule has 0 radical (unpaired) electrons. The molecule has 1 aromatic carbocycles. The molecule has 2 unspecified atom stereocenters. The summed E-state index contributed by atoms with van der Waals surface area (Å²) in [6, 6.07) is 11.2. The summed E-state index contributed by atoms with van der Waals surface area (Å²) in [6.07, 6.45) is 0.854. The van der Waals surface area contributed by atoms with E-state index in [9.17, 15) is 4.79 Å². The monoisotopic (exact) mass is 288 g/mol. The molecular formula is C16H20N2OS. The molecule has 3 N–H and O–H groups in total. The van der Waals surface area contributed by atoms with Gasteiger partial charge in [0.25, 0.3) is 0 Å². The van der Waals surface area contributed by atoms with Gasteiger partial charge < -0.3 is 11.1 Å². The molecule has 2 atom stereocenters. The number of nitrogens with two attached hydrogens (primary N) is 1. The molecule has 0 aliphatic rings. The molecule has 1 aromatic heterocycles. The summed E-state index contributed by atoms with van der Waals surface area (Å²) < 4.78 is 0. The number of carbonyl (C=O) groups excluding carboxylic acids is 1. The van der Waals surface area contributed by atoms with E-state index in [1.54, 1.807) is 11.3 Å². The molecule has 0 aliphatic heterocycles. The molecule has 0 spiro atoms. The van der Waals surface area contributed by atoms with E-state index in [-0.39, 0.29) is 11.9 Å². The van der Waals surface area contributed by atoms with Gasteiger partial charge in [0.05, 0.1) is 6.04 Å². The van der Waals surface area contributed by atoms with Gasteiger partial charge in [-0.1, -0.05) is 42.8 Å². The van der Waals surface area contributed by atoms with Gasteiger partial charge in [-0.3, -0.25) is 4.79 Å². The Hall–Kier alpha value is -1.65. The van der Waals surface area contributed by atoms with E-state index >= 15 is 0 Å². The molecule has 0 saturated carbocycles. The minimum Gasteiger partial charge on any atom is -0.347 e. The number of rotatable bonds is 5. The number of carbonyl (C=O) groups is 1. The second-order valence-electron chi connectivity index (χ2n) is 4.87. The molecule has 0 aliphatic carbocycles. The lowest BCUT2D eigenvalue weighted by Crippen LogP contribution is -2.36. The van der Waals surface area contributed by atoms with Gasteiger partial charge in [-0.05, 0) is 30.4 Å². The fourth-order valence-corrected chi connectivity index (χ4v) is 2.91. The van der Waals surface area contributed by atoms with Crippen molar-refractivity contribution in [3.63, 3.8) is 0 Å². The van der Waals surface area contributed by atoms with Gasteiger partial charge in [0.1, 0.15) is 6.04 Å². The Morgan fingerprint density at radius 1 is 1.30 bits per heavy atom. The molecule has 1 heterocycles. The summed E-state index contributed by atoms with van der Waals surface area (Å²) in [4.78, 5) is 13.4.